The summed E-state index contributed by atoms with van der Waals surface area (Å²) >= 11 is 25.7. The number of benzene rings is 2. The fourth-order valence-electron chi connectivity index (χ4n) is 2.36. The Morgan fingerprint density at radius 1 is 1.00 bits per heavy atom. The van der Waals surface area contributed by atoms with Gasteiger partial charge in [-0.1, -0.05) is 70.3 Å². The molecule has 3 rings (SSSR count). The van der Waals surface area contributed by atoms with Crippen molar-refractivity contribution in [1.29, 1.82) is 0 Å². The molecule has 1 aromatic heterocycles. The minimum absolute atomic E-state index is 0.218. The molecule has 0 saturated carbocycles. The van der Waals surface area contributed by atoms with Gasteiger partial charge in [0, 0.05) is 17.3 Å². The highest BCUT2D eigenvalue weighted by Gasteiger charge is 2.14. The summed E-state index contributed by atoms with van der Waals surface area (Å²) in [5.41, 5.74) is 1.04. The summed E-state index contributed by atoms with van der Waals surface area (Å²) in [5, 5.41) is 11.3. The fraction of sp³-hybridized carbons (Fsp3) is 0.158. The standard InChI is InChI=1S/C19H15Cl4N3OS/c1-2-7-26-18(10-27-17-6-4-13(20)9-16(17)23)24-25-19(26)28-11-12-3-5-14(21)15(22)8-12/h2-6,8-9H,1,7,10-11H2. The molecule has 0 N–H and O–H groups in total. The van der Waals surface area contributed by atoms with Crippen LogP contribution in [0.2, 0.25) is 20.1 Å². The first-order valence-electron chi connectivity index (χ1n) is 8.15. The Morgan fingerprint density at radius 3 is 2.54 bits per heavy atom. The molecule has 0 aliphatic rings. The second kappa shape index (κ2) is 9.90. The first kappa shape index (κ1) is 21.3. The molecule has 0 aliphatic carbocycles. The third-order valence-corrected chi connectivity index (χ3v) is 6.02. The molecular formula is C19H15Cl4N3OS. The molecule has 0 fully saturated rings. The van der Waals surface area contributed by atoms with E-state index in [1.54, 1.807) is 42.1 Å². The average molecular weight is 475 g/mol. The van der Waals surface area contributed by atoms with Crippen LogP contribution >= 0.6 is 58.2 Å². The molecule has 0 radical (unpaired) electrons. The van der Waals surface area contributed by atoms with Gasteiger partial charge in [-0.3, -0.25) is 4.57 Å². The monoisotopic (exact) mass is 473 g/mol. The lowest BCUT2D eigenvalue weighted by molar-refractivity contribution is 0.289. The predicted molar refractivity (Wildman–Crippen MR) is 117 cm³/mol. The van der Waals surface area contributed by atoms with E-state index in [0.29, 0.717) is 44.0 Å². The zero-order valence-electron chi connectivity index (χ0n) is 14.5. The summed E-state index contributed by atoms with van der Waals surface area (Å²) in [6.07, 6.45) is 1.78. The Hall–Kier alpha value is -1.37. The summed E-state index contributed by atoms with van der Waals surface area (Å²) in [7, 11) is 0. The second-order valence-electron chi connectivity index (χ2n) is 5.70. The van der Waals surface area contributed by atoms with Crippen LogP contribution in [0.25, 0.3) is 0 Å². The highest BCUT2D eigenvalue weighted by Crippen LogP contribution is 2.29. The molecule has 9 heteroatoms. The van der Waals surface area contributed by atoms with E-state index in [9.17, 15) is 0 Å². The Morgan fingerprint density at radius 2 is 1.82 bits per heavy atom. The first-order chi connectivity index (χ1) is 13.5. The maximum Gasteiger partial charge on any atom is 0.191 e. The van der Waals surface area contributed by atoms with Gasteiger partial charge in [0.25, 0.3) is 0 Å². The lowest BCUT2D eigenvalue weighted by Gasteiger charge is -2.10. The molecule has 0 amide bonds. The number of nitrogens with zero attached hydrogens (tertiary/aromatic N) is 3. The van der Waals surface area contributed by atoms with Gasteiger partial charge in [0.05, 0.1) is 15.1 Å². The van der Waals surface area contributed by atoms with Crippen LogP contribution in [0.3, 0.4) is 0 Å². The van der Waals surface area contributed by atoms with Gasteiger partial charge in [0.1, 0.15) is 12.4 Å². The van der Waals surface area contributed by atoms with Gasteiger partial charge in [-0.15, -0.1) is 16.8 Å². The van der Waals surface area contributed by atoms with Gasteiger partial charge in [-0.05, 0) is 35.9 Å². The lowest BCUT2D eigenvalue weighted by atomic mass is 10.2. The van der Waals surface area contributed by atoms with E-state index in [0.717, 1.165) is 10.7 Å². The van der Waals surface area contributed by atoms with Crippen molar-refractivity contribution in [2.24, 2.45) is 0 Å². The highest BCUT2D eigenvalue weighted by molar-refractivity contribution is 7.98. The van der Waals surface area contributed by atoms with Gasteiger partial charge in [-0.25, -0.2) is 0 Å². The van der Waals surface area contributed by atoms with E-state index < -0.39 is 0 Å². The predicted octanol–water partition coefficient (Wildman–Crippen LogP) is 6.95. The van der Waals surface area contributed by atoms with E-state index in [-0.39, 0.29) is 6.61 Å². The molecule has 0 unspecified atom stereocenters. The molecule has 1 heterocycles. The maximum absolute atomic E-state index is 6.15. The van der Waals surface area contributed by atoms with Crippen LogP contribution in [0.4, 0.5) is 0 Å². The fourth-order valence-corrected chi connectivity index (χ4v) is 4.05. The van der Waals surface area contributed by atoms with Crippen molar-refractivity contribution in [1.82, 2.24) is 14.8 Å². The topological polar surface area (TPSA) is 39.9 Å². The van der Waals surface area contributed by atoms with Crippen molar-refractivity contribution in [3.8, 4) is 5.75 Å². The van der Waals surface area contributed by atoms with Crippen molar-refractivity contribution in [3.63, 3.8) is 0 Å². The average Bonchev–Trinajstić information content (AvgIpc) is 3.04. The van der Waals surface area contributed by atoms with Gasteiger partial charge in [-0.2, -0.15) is 0 Å². The minimum atomic E-state index is 0.218. The largest absolute Gasteiger partial charge is 0.484 e. The van der Waals surface area contributed by atoms with Crippen molar-refractivity contribution < 1.29 is 4.74 Å². The Labute approximate surface area is 187 Å². The summed E-state index contributed by atoms with van der Waals surface area (Å²) in [6, 6.07) is 10.6. The van der Waals surface area contributed by atoms with E-state index in [2.05, 4.69) is 16.8 Å². The van der Waals surface area contributed by atoms with Crippen molar-refractivity contribution in [2.75, 3.05) is 0 Å². The Balaban J connectivity index is 1.71. The summed E-state index contributed by atoms with van der Waals surface area (Å²) in [4.78, 5) is 0. The zero-order chi connectivity index (χ0) is 20.1. The van der Waals surface area contributed by atoms with Crippen LogP contribution in [0.5, 0.6) is 5.75 Å². The number of thioether (sulfide) groups is 1. The molecule has 4 nitrogen and oxygen atoms in total. The molecule has 2 aromatic carbocycles. The SMILES string of the molecule is C=CCn1c(COc2ccc(Cl)cc2Cl)nnc1SCc1ccc(Cl)c(Cl)c1. The molecule has 0 saturated heterocycles. The van der Waals surface area contributed by atoms with Crippen LogP contribution in [-0.4, -0.2) is 14.8 Å². The molecule has 0 bridgehead atoms. The Bertz CT molecular complexity index is 993. The first-order valence-corrected chi connectivity index (χ1v) is 10.6. The van der Waals surface area contributed by atoms with E-state index in [1.807, 2.05) is 16.7 Å². The van der Waals surface area contributed by atoms with E-state index >= 15 is 0 Å². The molecular weight excluding hydrogens is 460 g/mol. The zero-order valence-corrected chi connectivity index (χ0v) is 18.4. The number of rotatable bonds is 8. The van der Waals surface area contributed by atoms with Crippen LogP contribution in [0.1, 0.15) is 11.4 Å². The maximum atomic E-state index is 6.15. The smallest absolute Gasteiger partial charge is 0.191 e. The van der Waals surface area contributed by atoms with E-state index in [4.69, 9.17) is 51.1 Å². The van der Waals surface area contributed by atoms with Crippen molar-refractivity contribution in [2.45, 2.75) is 24.1 Å². The van der Waals surface area contributed by atoms with Crippen LogP contribution in [0.15, 0.2) is 54.2 Å². The number of allylic oxidation sites excluding steroid dienone is 1. The quantitative estimate of drug-likeness (QED) is 0.261. The lowest BCUT2D eigenvalue weighted by Crippen LogP contribution is -2.07. The molecule has 0 aliphatic heterocycles. The van der Waals surface area contributed by atoms with Gasteiger partial charge in [0.15, 0.2) is 11.0 Å². The summed E-state index contributed by atoms with van der Waals surface area (Å²) < 4.78 is 7.72. The van der Waals surface area contributed by atoms with E-state index in [1.165, 1.54) is 0 Å². The molecule has 0 atom stereocenters. The van der Waals surface area contributed by atoms with Gasteiger partial charge >= 0.3 is 0 Å². The van der Waals surface area contributed by atoms with Crippen molar-refractivity contribution >= 4 is 58.2 Å². The van der Waals surface area contributed by atoms with Crippen molar-refractivity contribution in [3.05, 3.63) is 80.5 Å². The Kier molecular flexibility index (Phi) is 7.55. The minimum Gasteiger partial charge on any atom is -0.484 e. The number of halogens is 4. The molecule has 146 valence electrons. The number of aromatic nitrogens is 3. The van der Waals surface area contributed by atoms with Gasteiger partial charge < -0.3 is 4.74 Å². The summed E-state index contributed by atoms with van der Waals surface area (Å²) in [6.45, 7) is 4.58. The van der Waals surface area contributed by atoms with Crippen LogP contribution in [0, 0.1) is 0 Å². The van der Waals surface area contributed by atoms with Gasteiger partial charge in [0.2, 0.25) is 0 Å². The third-order valence-electron chi connectivity index (χ3n) is 3.71. The highest BCUT2D eigenvalue weighted by atomic mass is 35.5. The normalized spacial score (nSPS) is 10.9. The number of ether oxygens (including phenoxy) is 1. The second-order valence-corrected chi connectivity index (χ2v) is 8.30. The number of hydrogen-bond acceptors (Lipinski definition) is 4. The summed E-state index contributed by atoms with van der Waals surface area (Å²) in [5.74, 6) is 1.88. The molecule has 28 heavy (non-hydrogen) atoms. The van der Waals surface area contributed by atoms with Crippen LogP contribution < -0.4 is 4.74 Å². The third kappa shape index (κ3) is 5.37. The molecule has 0 spiro atoms. The number of hydrogen-bond donors (Lipinski definition) is 0. The molecule has 3 aromatic rings. The van der Waals surface area contributed by atoms with Crippen LogP contribution in [-0.2, 0) is 18.9 Å².